The van der Waals surface area contributed by atoms with Gasteiger partial charge in [0.1, 0.15) is 11.8 Å². The van der Waals surface area contributed by atoms with Crippen molar-refractivity contribution in [1.82, 2.24) is 5.32 Å². The van der Waals surface area contributed by atoms with Gasteiger partial charge in [0.15, 0.2) is 11.5 Å². The summed E-state index contributed by atoms with van der Waals surface area (Å²) in [7, 11) is 4.64. The zero-order chi connectivity index (χ0) is 31.1. The van der Waals surface area contributed by atoms with E-state index < -0.39 is 12.1 Å². The number of hydrogen-bond acceptors (Lipinski definition) is 9. The first-order valence-electron chi connectivity index (χ1n) is 13.8. The number of rotatable bonds is 11. The van der Waals surface area contributed by atoms with E-state index in [1.807, 2.05) is 18.4 Å². The summed E-state index contributed by atoms with van der Waals surface area (Å²) in [6.07, 6.45) is 3.54. The average Bonchev–Trinajstić information content (AvgIpc) is 3.23. The zero-order valence-corrected chi connectivity index (χ0v) is 25.7. The minimum atomic E-state index is -0.714. The van der Waals surface area contributed by atoms with E-state index in [1.165, 1.54) is 32.2 Å². The fraction of sp³-hybridized carbons (Fsp3) is 0.344. The lowest BCUT2D eigenvalue weighted by atomic mass is 9.95. The summed E-state index contributed by atoms with van der Waals surface area (Å²) in [5, 5.41) is 18.6. The van der Waals surface area contributed by atoms with Crippen molar-refractivity contribution in [3.63, 3.8) is 0 Å². The zero-order valence-electron chi connectivity index (χ0n) is 24.9. The van der Waals surface area contributed by atoms with Crippen LogP contribution in [0.25, 0.3) is 11.1 Å². The molecule has 0 heterocycles. The number of carbonyl (C=O) groups is 2. The summed E-state index contributed by atoms with van der Waals surface area (Å²) in [5.41, 5.74) is 3.43. The normalized spacial score (nSPS) is 14.3. The van der Waals surface area contributed by atoms with E-state index in [1.54, 1.807) is 44.2 Å². The second kappa shape index (κ2) is 14.2. The van der Waals surface area contributed by atoms with E-state index in [0.29, 0.717) is 59.1 Å². The number of amides is 2. The van der Waals surface area contributed by atoms with E-state index in [4.69, 9.17) is 14.2 Å². The minimum absolute atomic E-state index is 0.0921. The first-order chi connectivity index (χ1) is 20.7. The number of benzene rings is 2. The van der Waals surface area contributed by atoms with Crippen LogP contribution in [0.2, 0.25) is 0 Å². The fourth-order valence-electron chi connectivity index (χ4n) is 5.29. The molecule has 0 saturated carbocycles. The highest BCUT2D eigenvalue weighted by Gasteiger charge is 2.30. The molecule has 4 rings (SSSR count). The molecule has 1 aliphatic rings. The Morgan fingerprint density at radius 3 is 2.37 bits per heavy atom. The number of anilines is 2. The van der Waals surface area contributed by atoms with Crippen LogP contribution in [0, 0.1) is 0 Å². The molecule has 0 radical (unpaired) electrons. The van der Waals surface area contributed by atoms with Gasteiger partial charge >= 0.3 is 0 Å². The van der Waals surface area contributed by atoms with Crippen molar-refractivity contribution in [1.29, 1.82) is 0 Å². The minimum Gasteiger partial charge on any atom is -0.508 e. The fourth-order valence-corrected chi connectivity index (χ4v) is 5.76. The van der Waals surface area contributed by atoms with E-state index in [-0.39, 0.29) is 28.7 Å². The number of fused-ring (bicyclic) bond motifs is 3. The number of hydrogen-bond donors (Lipinski definition) is 4. The summed E-state index contributed by atoms with van der Waals surface area (Å²) in [6.45, 7) is 1.45. The van der Waals surface area contributed by atoms with Crippen LogP contribution in [0.5, 0.6) is 23.0 Å². The van der Waals surface area contributed by atoms with Crippen molar-refractivity contribution in [2.75, 3.05) is 44.0 Å². The molecular formula is C32H37N3O7S. The predicted molar refractivity (Wildman–Crippen MR) is 170 cm³/mol. The maximum Gasteiger partial charge on any atom is 0.246 e. The van der Waals surface area contributed by atoms with Crippen molar-refractivity contribution in [3.8, 4) is 34.1 Å². The number of methoxy groups -OCH3 is 3. The van der Waals surface area contributed by atoms with Crippen LogP contribution >= 0.6 is 11.8 Å². The monoisotopic (exact) mass is 607 g/mol. The SMILES string of the molecule is COc1cc2c(c(OC)c1OC)-c1ccc(N[C@@H](CCSC)C(=O)Nc3ccc(O)cc3)c(=O)cc1[C@@H](NC(C)=O)CC2. The molecule has 43 heavy (non-hydrogen) atoms. The smallest absolute Gasteiger partial charge is 0.246 e. The van der Waals surface area contributed by atoms with Gasteiger partial charge < -0.3 is 35.3 Å². The molecule has 11 heteroatoms. The molecule has 228 valence electrons. The van der Waals surface area contributed by atoms with E-state index >= 15 is 0 Å². The van der Waals surface area contributed by atoms with Crippen LogP contribution in [0.15, 0.2) is 53.3 Å². The van der Waals surface area contributed by atoms with Crippen LogP contribution in [-0.2, 0) is 16.0 Å². The van der Waals surface area contributed by atoms with Gasteiger partial charge in [-0.3, -0.25) is 14.4 Å². The van der Waals surface area contributed by atoms with E-state index in [9.17, 15) is 19.5 Å². The van der Waals surface area contributed by atoms with Gasteiger partial charge in [0.25, 0.3) is 0 Å². The van der Waals surface area contributed by atoms with Gasteiger partial charge in [-0.2, -0.15) is 11.8 Å². The molecule has 0 fully saturated rings. The van der Waals surface area contributed by atoms with Crippen LogP contribution in [0.4, 0.5) is 11.4 Å². The highest BCUT2D eigenvalue weighted by molar-refractivity contribution is 7.98. The molecule has 0 aliphatic heterocycles. The Balaban J connectivity index is 1.83. The predicted octanol–water partition coefficient (Wildman–Crippen LogP) is 4.74. The number of thioether (sulfide) groups is 1. The topological polar surface area (TPSA) is 135 Å². The van der Waals surface area contributed by atoms with E-state index in [2.05, 4.69) is 16.0 Å². The summed E-state index contributed by atoms with van der Waals surface area (Å²) in [6, 6.07) is 11.9. The van der Waals surface area contributed by atoms with Crippen molar-refractivity contribution in [2.24, 2.45) is 0 Å². The van der Waals surface area contributed by atoms with Gasteiger partial charge in [-0.1, -0.05) is 6.07 Å². The number of carbonyl (C=O) groups excluding carboxylic acids is 2. The molecule has 0 saturated heterocycles. The van der Waals surface area contributed by atoms with Crippen LogP contribution in [0.1, 0.15) is 36.9 Å². The summed E-state index contributed by atoms with van der Waals surface area (Å²) < 4.78 is 17.1. The second-order valence-electron chi connectivity index (χ2n) is 10.1. The molecule has 4 N–H and O–H groups in total. The van der Waals surface area contributed by atoms with Gasteiger partial charge in [-0.15, -0.1) is 0 Å². The Hall–Kier alpha value is -4.38. The molecule has 0 unspecified atom stereocenters. The Labute approximate surface area is 255 Å². The third-order valence-electron chi connectivity index (χ3n) is 7.31. The maximum atomic E-state index is 13.7. The third kappa shape index (κ3) is 7.16. The van der Waals surface area contributed by atoms with Crippen LogP contribution < -0.4 is 35.6 Å². The molecule has 0 bridgehead atoms. The number of nitrogens with one attached hydrogen (secondary N) is 3. The lowest BCUT2D eigenvalue weighted by Gasteiger charge is -2.19. The molecule has 0 spiro atoms. The van der Waals surface area contributed by atoms with Crippen LogP contribution in [-0.4, -0.2) is 56.3 Å². The first kappa shape index (κ1) is 31.6. The molecule has 0 aromatic heterocycles. The Bertz CT molecular complexity index is 1550. The molecular weight excluding hydrogens is 570 g/mol. The lowest BCUT2D eigenvalue weighted by Crippen LogP contribution is -2.36. The average molecular weight is 608 g/mol. The second-order valence-corrected chi connectivity index (χ2v) is 11.1. The van der Waals surface area contributed by atoms with Gasteiger partial charge in [0, 0.05) is 18.2 Å². The van der Waals surface area contributed by atoms with Crippen molar-refractivity contribution >= 4 is 35.0 Å². The van der Waals surface area contributed by atoms with Gasteiger partial charge in [-0.25, -0.2) is 0 Å². The highest BCUT2D eigenvalue weighted by Crippen LogP contribution is 2.50. The lowest BCUT2D eigenvalue weighted by molar-refractivity contribution is -0.120. The molecule has 3 aromatic carbocycles. The quantitative estimate of drug-likeness (QED) is 0.228. The Morgan fingerprint density at radius 2 is 1.74 bits per heavy atom. The third-order valence-corrected chi connectivity index (χ3v) is 7.95. The molecule has 2 atom stereocenters. The number of phenols is 1. The number of phenolic OH excluding ortho intramolecular Hbond substituents is 1. The highest BCUT2D eigenvalue weighted by atomic mass is 32.2. The Morgan fingerprint density at radius 1 is 1.02 bits per heavy atom. The van der Waals surface area contributed by atoms with Crippen molar-refractivity contribution in [2.45, 2.75) is 38.3 Å². The number of aromatic hydroxyl groups is 1. The number of ether oxygens (including phenoxy) is 3. The standard InChI is InChI=1S/C32H37N3O7S/c1-18(36)33-24-12-6-19-16-28(40-2)30(41-3)31(42-4)29(19)22-11-13-25(27(38)17-23(22)24)35-26(14-15-43-5)32(39)34-20-7-9-21(37)10-8-20/h7-11,13,16-17,24,26,37H,6,12,14-15H2,1-5H3,(H,33,36)(H,34,39)(H,35,38)/t24-,26-/m0/s1. The summed E-state index contributed by atoms with van der Waals surface area (Å²) in [5.74, 6) is 1.64. The van der Waals surface area contributed by atoms with Crippen molar-refractivity contribution < 1.29 is 28.9 Å². The van der Waals surface area contributed by atoms with Crippen LogP contribution in [0.3, 0.4) is 0 Å². The first-order valence-corrected chi connectivity index (χ1v) is 15.2. The number of aryl methyl sites for hydroxylation is 1. The largest absolute Gasteiger partial charge is 0.508 e. The van der Waals surface area contributed by atoms with E-state index in [0.717, 1.165) is 11.1 Å². The molecule has 2 amide bonds. The van der Waals surface area contributed by atoms with Gasteiger partial charge in [0.2, 0.25) is 23.0 Å². The summed E-state index contributed by atoms with van der Waals surface area (Å²) in [4.78, 5) is 39.3. The summed E-state index contributed by atoms with van der Waals surface area (Å²) >= 11 is 1.59. The van der Waals surface area contributed by atoms with Gasteiger partial charge in [0.05, 0.1) is 33.1 Å². The van der Waals surface area contributed by atoms with Crippen molar-refractivity contribution in [3.05, 3.63) is 69.9 Å². The molecule has 10 nitrogen and oxygen atoms in total. The Kier molecular flexibility index (Phi) is 10.4. The maximum absolute atomic E-state index is 13.7. The molecule has 1 aliphatic carbocycles. The molecule has 3 aromatic rings. The van der Waals surface area contributed by atoms with Gasteiger partial charge in [-0.05, 0) is 90.4 Å².